The van der Waals surface area contributed by atoms with E-state index in [-0.39, 0.29) is 17.4 Å². The van der Waals surface area contributed by atoms with E-state index in [9.17, 15) is 4.79 Å². The second-order valence-corrected chi connectivity index (χ2v) is 12.1. The van der Waals surface area contributed by atoms with Crippen LogP contribution < -0.4 is 10.1 Å². The molecular weight excluding hydrogens is 500 g/mol. The number of pyridine rings is 1. The highest BCUT2D eigenvalue weighted by atomic mass is 79.9. The number of rotatable bonds is 6. The second-order valence-electron chi connectivity index (χ2n) is 11.2. The normalized spacial score (nSPS) is 27.7. The van der Waals surface area contributed by atoms with Gasteiger partial charge in [-0.05, 0) is 112 Å². The molecule has 0 unspecified atom stereocenters. The van der Waals surface area contributed by atoms with Crippen LogP contribution in [-0.4, -0.2) is 23.5 Å². The van der Waals surface area contributed by atoms with Gasteiger partial charge in [0.25, 0.3) is 5.91 Å². The Balaban J connectivity index is 1.35. The van der Waals surface area contributed by atoms with Crippen LogP contribution in [0.15, 0.2) is 53.0 Å². The van der Waals surface area contributed by atoms with E-state index < -0.39 is 0 Å². The zero-order valence-corrected chi connectivity index (χ0v) is 22.1. The van der Waals surface area contributed by atoms with Crippen LogP contribution >= 0.6 is 15.9 Å². The van der Waals surface area contributed by atoms with Gasteiger partial charge in [-0.3, -0.25) is 4.79 Å². The fourth-order valence-corrected chi connectivity index (χ4v) is 7.94. The predicted molar refractivity (Wildman–Crippen MR) is 144 cm³/mol. The number of hydrogen-bond acceptors (Lipinski definition) is 3. The predicted octanol–water partition coefficient (Wildman–Crippen LogP) is 7.40. The Morgan fingerprint density at radius 3 is 2.49 bits per heavy atom. The Morgan fingerprint density at radius 1 is 1.09 bits per heavy atom. The molecule has 1 atom stereocenters. The van der Waals surface area contributed by atoms with E-state index in [1.54, 1.807) is 0 Å². The van der Waals surface area contributed by atoms with Crippen LogP contribution in [0.3, 0.4) is 0 Å². The summed E-state index contributed by atoms with van der Waals surface area (Å²) >= 11 is 3.59. The first-order valence-corrected chi connectivity index (χ1v) is 13.9. The number of carbonyl (C=O) groups excluding carboxylic acids is 1. The minimum Gasteiger partial charge on any atom is -0.494 e. The molecule has 0 radical (unpaired) electrons. The van der Waals surface area contributed by atoms with Gasteiger partial charge in [0.05, 0.1) is 23.4 Å². The maximum absolute atomic E-state index is 13.8. The summed E-state index contributed by atoms with van der Waals surface area (Å²) in [6, 6.07) is 16.0. The average Bonchev–Trinajstić information content (AvgIpc) is 2.83. The topological polar surface area (TPSA) is 51.2 Å². The standard InChI is InChI=1S/C30H33BrN2O2/c1-3-35-24-6-4-5-22(12-24)28-14-26(25-13-23(31)7-8-27(25)33-28)29(34)32-18(2)30-15-19-9-20(16-30)11-21(10-19)17-30/h4-8,12-14,18-21H,3,9-11,15-17H2,1-2H3,(H,32,34)/t18-,19?,20?,21?,30?/m1/s1. The van der Waals surface area contributed by atoms with E-state index in [1.807, 2.05) is 55.5 Å². The van der Waals surface area contributed by atoms with Crippen molar-refractivity contribution in [1.82, 2.24) is 10.3 Å². The lowest BCUT2D eigenvalue weighted by molar-refractivity contribution is -0.0687. The number of hydrogen-bond donors (Lipinski definition) is 1. The van der Waals surface area contributed by atoms with E-state index >= 15 is 0 Å². The molecule has 1 aromatic heterocycles. The number of halogens is 1. The van der Waals surface area contributed by atoms with Crippen molar-refractivity contribution in [2.45, 2.75) is 58.4 Å². The molecule has 35 heavy (non-hydrogen) atoms. The van der Waals surface area contributed by atoms with Crippen molar-refractivity contribution in [2.24, 2.45) is 23.2 Å². The molecule has 4 aliphatic carbocycles. The lowest BCUT2D eigenvalue weighted by Crippen LogP contribution is -2.55. The summed E-state index contributed by atoms with van der Waals surface area (Å²) in [4.78, 5) is 18.8. The van der Waals surface area contributed by atoms with Gasteiger partial charge in [-0.15, -0.1) is 0 Å². The molecule has 2 aromatic carbocycles. The quantitative estimate of drug-likeness (QED) is 0.359. The van der Waals surface area contributed by atoms with Gasteiger partial charge in [0.15, 0.2) is 0 Å². The molecule has 1 heterocycles. The molecule has 182 valence electrons. The summed E-state index contributed by atoms with van der Waals surface area (Å²) in [5.41, 5.74) is 3.51. The number of benzene rings is 2. The Morgan fingerprint density at radius 2 is 1.80 bits per heavy atom. The summed E-state index contributed by atoms with van der Waals surface area (Å²) in [6.07, 6.45) is 8.06. The fourth-order valence-electron chi connectivity index (χ4n) is 7.58. The number of nitrogens with zero attached hydrogens (tertiary/aromatic N) is 1. The number of carbonyl (C=O) groups is 1. The van der Waals surface area contributed by atoms with Gasteiger partial charge < -0.3 is 10.1 Å². The maximum atomic E-state index is 13.8. The minimum absolute atomic E-state index is 0.000887. The van der Waals surface area contributed by atoms with Gasteiger partial charge in [0, 0.05) is 21.5 Å². The highest BCUT2D eigenvalue weighted by Gasteiger charge is 2.53. The van der Waals surface area contributed by atoms with E-state index in [1.165, 1.54) is 38.5 Å². The van der Waals surface area contributed by atoms with Crippen molar-refractivity contribution in [3.8, 4) is 17.0 Å². The van der Waals surface area contributed by atoms with Crippen molar-refractivity contribution in [2.75, 3.05) is 6.61 Å². The number of aromatic nitrogens is 1. The van der Waals surface area contributed by atoms with E-state index in [2.05, 4.69) is 28.2 Å². The number of ether oxygens (including phenoxy) is 1. The first-order chi connectivity index (χ1) is 16.9. The summed E-state index contributed by atoms with van der Waals surface area (Å²) in [5, 5.41) is 4.34. The summed E-state index contributed by atoms with van der Waals surface area (Å²) < 4.78 is 6.65. The van der Waals surface area contributed by atoms with Crippen LogP contribution in [0.25, 0.3) is 22.2 Å². The van der Waals surface area contributed by atoms with E-state index in [4.69, 9.17) is 9.72 Å². The summed E-state index contributed by atoms with van der Waals surface area (Å²) in [5.74, 6) is 3.40. The molecule has 0 spiro atoms. The van der Waals surface area contributed by atoms with Gasteiger partial charge in [0.1, 0.15) is 5.75 Å². The van der Waals surface area contributed by atoms with Gasteiger partial charge >= 0.3 is 0 Å². The zero-order chi connectivity index (χ0) is 24.2. The molecule has 4 bridgehead atoms. The van der Waals surface area contributed by atoms with Crippen molar-refractivity contribution in [1.29, 1.82) is 0 Å². The molecule has 4 nitrogen and oxygen atoms in total. The van der Waals surface area contributed by atoms with Crippen molar-refractivity contribution >= 4 is 32.7 Å². The molecule has 0 aliphatic heterocycles. The van der Waals surface area contributed by atoms with Crippen LogP contribution in [0, 0.1) is 23.2 Å². The molecule has 1 amide bonds. The van der Waals surface area contributed by atoms with Gasteiger partial charge in [0.2, 0.25) is 0 Å². The minimum atomic E-state index is 0.000887. The van der Waals surface area contributed by atoms with Crippen LogP contribution in [0.4, 0.5) is 0 Å². The molecule has 4 fully saturated rings. The summed E-state index contributed by atoms with van der Waals surface area (Å²) in [7, 11) is 0. The second kappa shape index (κ2) is 8.92. The SMILES string of the molecule is CCOc1cccc(-c2cc(C(=O)N[C@H](C)C34CC5CC(CC(C5)C3)C4)c3cc(Br)ccc3n2)c1. The van der Waals surface area contributed by atoms with Gasteiger partial charge in [-0.1, -0.05) is 28.1 Å². The lowest BCUT2D eigenvalue weighted by atomic mass is 9.48. The number of amides is 1. The van der Waals surface area contributed by atoms with Crippen molar-refractivity contribution in [3.05, 3.63) is 58.6 Å². The van der Waals surface area contributed by atoms with E-state index in [0.717, 1.165) is 50.1 Å². The van der Waals surface area contributed by atoms with Crippen LogP contribution in [0.2, 0.25) is 0 Å². The molecule has 0 saturated heterocycles. The molecule has 3 aromatic rings. The Kier molecular flexibility index (Phi) is 5.87. The average molecular weight is 534 g/mol. The molecular formula is C30H33BrN2O2. The van der Waals surface area contributed by atoms with Crippen LogP contribution in [0.1, 0.15) is 62.7 Å². The fraction of sp³-hybridized carbons (Fsp3) is 0.467. The molecule has 4 aliphatic rings. The van der Waals surface area contributed by atoms with Crippen LogP contribution in [0.5, 0.6) is 5.75 Å². The maximum Gasteiger partial charge on any atom is 0.252 e. The zero-order valence-electron chi connectivity index (χ0n) is 20.5. The van der Waals surface area contributed by atoms with E-state index in [0.29, 0.717) is 12.2 Å². The summed E-state index contributed by atoms with van der Waals surface area (Å²) in [6.45, 7) is 4.83. The Hall–Kier alpha value is -2.40. The smallest absolute Gasteiger partial charge is 0.252 e. The lowest BCUT2D eigenvalue weighted by Gasteiger charge is -2.59. The van der Waals surface area contributed by atoms with Crippen molar-refractivity contribution < 1.29 is 9.53 Å². The molecule has 7 rings (SSSR count). The van der Waals surface area contributed by atoms with Crippen molar-refractivity contribution in [3.63, 3.8) is 0 Å². The monoisotopic (exact) mass is 532 g/mol. The van der Waals surface area contributed by atoms with Gasteiger partial charge in [-0.25, -0.2) is 4.98 Å². The first-order valence-electron chi connectivity index (χ1n) is 13.1. The molecule has 1 N–H and O–H groups in total. The van der Waals surface area contributed by atoms with Gasteiger partial charge in [-0.2, -0.15) is 0 Å². The van der Waals surface area contributed by atoms with Crippen LogP contribution in [-0.2, 0) is 0 Å². The third-order valence-corrected chi connectivity index (χ3v) is 9.30. The number of nitrogens with one attached hydrogen (secondary N) is 1. The molecule has 4 saturated carbocycles. The highest BCUT2D eigenvalue weighted by molar-refractivity contribution is 9.10. The Labute approximate surface area is 216 Å². The largest absolute Gasteiger partial charge is 0.494 e. The third-order valence-electron chi connectivity index (χ3n) is 8.81. The highest BCUT2D eigenvalue weighted by Crippen LogP contribution is 2.61. The Bertz CT molecular complexity index is 1250. The molecule has 5 heteroatoms. The third kappa shape index (κ3) is 4.26. The first kappa shape index (κ1) is 23.0. The number of fused-ring (bicyclic) bond motifs is 1.